The van der Waals surface area contributed by atoms with E-state index in [0.29, 0.717) is 22.2 Å². The fourth-order valence-electron chi connectivity index (χ4n) is 1.60. The number of aromatic nitrogens is 2. The Morgan fingerprint density at radius 2 is 1.65 bits per heavy atom. The first-order valence-electron chi connectivity index (χ1n) is 4.88. The number of hydrogen-bond donors (Lipinski definition) is 2. The number of methoxy groups -OCH3 is 1. The third kappa shape index (κ3) is 1.84. The highest BCUT2D eigenvalue weighted by Crippen LogP contribution is 2.15. The SMILES string of the molecule is COC(=O)c1cc2[nH]c(=O)c(=O)[nH]c2cc1C. The number of carbonyl (C=O) groups excluding carboxylic acids is 1. The monoisotopic (exact) mass is 234 g/mol. The summed E-state index contributed by atoms with van der Waals surface area (Å²) in [7, 11) is 1.28. The van der Waals surface area contributed by atoms with Crippen LogP contribution in [0.5, 0.6) is 0 Å². The van der Waals surface area contributed by atoms with Crippen molar-refractivity contribution in [1.29, 1.82) is 0 Å². The Morgan fingerprint density at radius 3 is 2.18 bits per heavy atom. The van der Waals surface area contributed by atoms with Gasteiger partial charge in [0.2, 0.25) is 0 Å². The highest BCUT2D eigenvalue weighted by atomic mass is 16.5. The van der Waals surface area contributed by atoms with E-state index < -0.39 is 17.1 Å². The number of aryl methyl sites for hydroxylation is 1. The van der Waals surface area contributed by atoms with E-state index >= 15 is 0 Å². The molecule has 0 spiro atoms. The number of hydrogen-bond acceptors (Lipinski definition) is 4. The van der Waals surface area contributed by atoms with Gasteiger partial charge in [0.1, 0.15) is 0 Å². The van der Waals surface area contributed by atoms with Crippen LogP contribution in [-0.4, -0.2) is 23.0 Å². The van der Waals surface area contributed by atoms with Crippen molar-refractivity contribution in [2.24, 2.45) is 0 Å². The number of H-pyrrole nitrogens is 2. The van der Waals surface area contributed by atoms with Gasteiger partial charge in [0, 0.05) is 0 Å². The molecule has 0 atom stereocenters. The molecule has 0 aliphatic heterocycles. The lowest BCUT2D eigenvalue weighted by atomic mass is 10.1. The standard InChI is InChI=1S/C11H10N2O4/c1-5-3-7-8(4-6(5)11(16)17-2)13-10(15)9(14)12-7/h3-4H,1-2H3,(H,12,14)(H,13,15). The Labute approximate surface area is 95.2 Å². The molecule has 0 saturated heterocycles. The Morgan fingerprint density at radius 1 is 1.12 bits per heavy atom. The van der Waals surface area contributed by atoms with Crippen molar-refractivity contribution in [2.45, 2.75) is 6.92 Å². The number of carbonyl (C=O) groups is 1. The van der Waals surface area contributed by atoms with Crippen LogP contribution in [0.3, 0.4) is 0 Å². The first kappa shape index (κ1) is 11.1. The van der Waals surface area contributed by atoms with Crippen LogP contribution in [0.2, 0.25) is 0 Å². The Kier molecular flexibility index (Phi) is 2.55. The number of nitrogens with one attached hydrogen (secondary N) is 2. The van der Waals surface area contributed by atoms with Gasteiger partial charge in [0.15, 0.2) is 0 Å². The van der Waals surface area contributed by atoms with Crippen molar-refractivity contribution in [1.82, 2.24) is 9.97 Å². The quantitative estimate of drug-likeness (QED) is 0.548. The summed E-state index contributed by atoms with van der Waals surface area (Å²) in [5, 5.41) is 0. The molecule has 0 aliphatic carbocycles. The average Bonchev–Trinajstić information content (AvgIpc) is 2.30. The second-order valence-corrected chi connectivity index (χ2v) is 3.61. The van der Waals surface area contributed by atoms with Crippen molar-refractivity contribution in [3.05, 3.63) is 44.0 Å². The average molecular weight is 234 g/mol. The van der Waals surface area contributed by atoms with Crippen LogP contribution < -0.4 is 11.1 Å². The molecule has 0 bridgehead atoms. The third-order valence-corrected chi connectivity index (χ3v) is 2.47. The van der Waals surface area contributed by atoms with Crippen LogP contribution in [-0.2, 0) is 4.74 Å². The van der Waals surface area contributed by atoms with Crippen molar-refractivity contribution in [3.63, 3.8) is 0 Å². The molecule has 0 unspecified atom stereocenters. The summed E-state index contributed by atoms with van der Waals surface area (Å²) in [6.45, 7) is 1.72. The van der Waals surface area contributed by atoms with E-state index in [1.165, 1.54) is 13.2 Å². The molecule has 6 nitrogen and oxygen atoms in total. The molecule has 0 saturated carbocycles. The molecule has 2 N–H and O–H groups in total. The van der Waals surface area contributed by atoms with Crippen LogP contribution in [0.4, 0.5) is 0 Å². The van der Waals surface area contributed by atoms with E-state index in [-0.39, 0.29) is 0 Å². The van der Waals surface area contributed by atoms with Gasteiger partial charge in [0.05, 0.1) is 23.7 Å². The van der Waals surface area contributed by atoms with Gasteiger partial charge in [-0.15, -0.1) is 0 Å². The van der Waals surface area contributed by atoms with E-state index in [4.69, 9.17) is 0 Å². The highest BCUT2D eigenvalue weighted by Gasteiger charge is 2.11. The fourth-order valence-corrected chi connectivity index (χ4v) is 1.60. The van der Waals surface area contributed by atoms with E-state index in [9.17, 15) is 14.4 Å². The van der Waals surface area contributed by atoms with E-state index in [0.717, 1.165) is 0 Å². The van der Waals surface area contributed by atoms with E-state index in [2.05, 4.69) is 14.7 Å². The summed E-state index contributed by atoms with van der Waals surface area (Å²) in [6.07, 6.45) is 0. The number of ether oxygens (including phenoxy) is 1. The molecule has 1 heterocycles. The first-order chi connectivity index (χ1) is 8.02. The first-order valence-corrected chi connectivity index (χ1v) is 4.88. The molecule has 1 aromatic carbocycles. The van der Waals surface area contributed by atoms with Crippen molar-refractivity contribution in [3.8, 4) is 0 Å². The molecule has 1 aromatic heterocycles. The summed E-state index contributed by atoms with van der Waals surface area (Å²) < 4.78 is 4.62. The molecule has 17 heavy (non-hydrogen) atoms. The molecule has 0 amide bonds. The van der Waals surface area contributed by atoms with Gasteiger partial charge < -0.3 is 14.7 Å². The number of aromatic amines is 2. The summed E-state index contributed by atoms with van der Waals surface area (Å²) in [5.41, 5.74) is 0.398. The van der Waals surface area contributed by atoms with Crippen LogP contribution >= 0.6 is 0 Å². The van der Waals surface area contributed by atoms with Crippen molar-refractivity contribution < 1.29 is 9.53 Å². The fraction of sp³-hybridized carbons (Fsp3) is 0.182. The summed E-state index contributed by atoms with van der Waals surface area (Å²) in [5.74, 6) is -0.489. The summed E-state index contributed by atoms with van der Waals surface area (Å²) in [6, 6.07) is 3.09. The van der Waals surface area contributed by atoms with Crippen LogP contribution in [0, 0.1) is 6.92 Å². The second-order valence-electron chi connectivity index (χ2n) is 3.61. The van der Waals surface area contributed by atoms with Gasteiger partial charge in [0.25, 0.3) is 0 Å². The predicted molar refractivity (Wildman–Crippen MR) is 61.3 cm³/mol. The Balaban J connectivity index is 2.80. The minimum atomic E-state index is -0.753. The summed E-state index contributed by atoms with van der Waals surface area (Å²) >= 11 is 0. The molecule has 0 fully saturated rings. The molecular formula is C11H10N2O4. The minimum absolute atomic E-state index is 0.350. The number of rotatable bonds is 1. The lowest BCUT2D eigenvalue weighted by Crippen LogP contribution is -2.29. The van der Waals surface area contributed by atoms with Gasteiger partial charge in [-0.25, -0.2) is 4.79 Å². The van der Waals surface area contributed by atoms with Crippen LogP contribution in [0.15, 0.2) is 21.7 Å². The third-order valence-electron chi connectivity index (χ3n) is 2.47. The maximum absolute atomic E-state index is 11.4. The molecular weight excluding hydrogens is 224 g/mol. The zero-order valence-corrected chi connectivity index (χ0v) is 9.29. The van der Waals surface area contributed by atoms with Gasteiger partial charge in [-0.05, 0) is 24.6 Å². The molecule has 0 aliphatic rings. The molecule has 88 valence electrons. The van der Waals surface area contributed by atoms with E-state index in [1.807, 2.05) is 0 Å². The molecule has 2 rings (SSSR count). The zero-order valence-electron chi connectivity index (χ0n) is 9.29. The lowest BCUT2D eigenvalue weighted by molar-refractivity contribution is 0.0600. The topological polar surface area (TPSA) is 92.0 Å². The Bertz CT molecular complexity index is 711. The van der Waals surface area contributed by atoms with Gasteiger partial charge >= 0.3 is 17.1 Å². The van der Waals surface area contributed by atoms with Gasteiger partial charge in [-0.2, -0.15) is 0 Å². The largest absolute Gasteiger partial charge is 0.465 e. The normalized spacial score (nSPS) is 10.5. The Hall–Kier alpha value is -2.37. The van der Waals surface area contributed by atoms with E-state index in [1.54, 1.807) is 13.0 Å². The maximum atomic E-state index is 11.4. The molecule has 0 radical (unpaired) electrons. The van der Waals surface area contributed by atoms with Crippen LogP contribution in [0.25, 0.3) is 11.0 Å². The lowest BCUT2D eigenvalue weighted by Gasteiger charge is -2.05. The number of esters is 1. The van der Waals surface area contributed by atoms with Crippen LogP contribution in [0.1, 0.15) is 15.9 Å². The smallest absolute Gasteiger partial charge is 0.338 e. The number of fused-ring (bicyclic) bond motifs is 1. The predicted octanol–water partition coefficient (Wildman–Crippen LogP) is 0.311. The van der Waals surface area contributed by atoms with Gasteiger partial charge in [-0.3, -0.25) is 9.59 Å². The zero-order chi connectivity index (χ0) is 12.6. The molecule has 2 aromatic rings. The highest BCUT2D eigenvalue weighted by molar-refractivity contribution is 5.95. The van der Waals surface area contributed by atoms with Gasteiger partial charge in [-0.1, -0.05) is 0 Å². The van der Waals surface area contributed by atoms with Crippen molar-refractivity contribution >= 4 is 17.0 Å². The summed E-state index contributed by atoms with van der Waals surface area (Å²) in [4.78, 5) is 38.6. The maximum Gasteiger partial charge on any atom is 0.338 e. The van der Waals surface area contributed by atoms with Crippen molar-refractivity contribution in [2.75, 3.05) is 7.11 Å². The second kappa shape index (κ2) is 3.89. The minimum Gasteiger partial charge on any atom is -0.465 e. The number of benzene rings is 1. The molecule has 6 heteroatoms.